The van der Waals surface area contributed by atoms with Gasteiger partial charge in [0.1, 0.15) is 10.7 Å². The minimum Gasteiger partial charge on any atom is -0.480 e. The van der Waals surface area contributed by atoms with Crippen molar-refractivity contribution in [2.24, 2.45) is 0 Å². The molecule has 1 fully saturated rings. The summed E-state index contributed by atoms with van der Waals surface area (Å²) in [6.07, 6.45) is 4.18. The van der Waals surface area contributed by atoms with Crippen molar-refractivity contribution in [2.75, 3.05) is 0 Å². The Labute approximate surface area is 128 Å². The molecule has 1 aromatic heterocycles. The molecule has 0 aromatic carbocycles. The standard InChI is InChI=1S/C15H19ClN2O3/c1-2-5-11-8-10(9-12(16)17-11)13(19)18-15(14(20)21)6-3-4-7-15/h8-9H,2-7H2,1H3,(H,18,19)(H,20,21). The Morgan fingerprint density at radius 1 is 1.38 bits per heavy atom. The molecule has 2 rings (SSSR count). The Morgan fingerprint density at radius 2 is 2.05 bits per heavy atom. The van der Waals surface area contributed by atoms with Gasteiger partial charge in [-0.3, -0.25) is 4.79 Å². The Kier molecular flexibility index (Phi) is 4.83. The largest absolute Gasteiger partial charge is 0.480 e. The summed E-state index contributed by atoms with van der Waals surface area (Å²) in [6, 6.07) is 3.15. The summed E-state index contributed by atoms with van der Waals surface area (Å²) >= 11 is 5.94. The number of nitrogens with zero attached hydrogens (tertiary/aromatic N) is 1. The lowest BCUT2D eigenvalue weighted by Gasteiger charge is -2.25. The molecule has 6 heteroatoms. The van der Waals surface area contributed by atoms with E-state index in [1.165, 1.54) is 6.07 Å². The van der Waals surface area contributed by atoms with Gasteiger partial charge in [-0.1, -0.05) is 37.8 Å². The highest BCUT2D eigenvalue weighted by atomic mass is 35.5. The number of carbonyl (C=O) groups excluding carboxylic acids is 1. The molecule has 1 aromatic rings. The molecule has 0 atom stereocenters. The monoisotopic (exact) mass is 310 g/mol. The second-order valence-electron chi connectivity index (χ2n) is 5.47. The van der Waals surface area contributed by atoms with E-state index in [1.54, 1.807) is 6.07 Å². The zero-order chi connectivity index (χ0) is 15.5. The van der Waals surface area contributed by atoms with Gasteiger partial charge in [-0.05, 0) is 31.4 Å². The van der Waals surface area contributed by atoms with Gasteiger partial charge < -0.3 is 10.4 Å². The first-order valence-electron chi connectivity index (χ1n) is 7.19. The van der Waals surface area contributed by atoms with Crippen molar-refractivity contribution in [3.63, 3.8) is 0 Å². The number of carbonyl (C=O) groups is 2. The van der Waals surface area contributed by atoms with E-state index in [9.17, 15) is 14.7 Å². The van der Waals surface area contributed by atoms with Crippen molar-refractivity contribution in [1.82, 2.24) is 10.3 Å². The number of halogens is 1. The zero-order valence-electron chi connectivity index (χ0n) is 12.0. The van der Waals surface area contributed by atoms with Crippen LogP contribution in [0.3, 0.4) is 0 Å². The molecule has 0 spiro atoms. The molecule has 5 nitrogen and oxygen atoms in total. The van der Waals surface area contributed by atoms with E-state index in [2.05, 4.69) is 10.3 Å². The average molecular weight is 311 g/mol. The van der Waals surface area contributed by atoms with Crippen LogP contribution in [0.5, 0.6) is 0 Å². The van der Waals surface area contributed by atoms with Gasteiger partial charge in [0.25, 0.3) is 5.91 Å². The van der Waals surface area contributed by atoms with Crippen LogP contribution in [0.15, 0.2) is 12.1 Å². The predicted molar refractivity (Wildman–Crippen MR) is 79.5 cm³/mol. The molecule has 1 aliphatic carbocycles. The Morgan fingerprint density at radius 3 is 2.62 bits per heavy atom. The number of aliphatic carboxylic acids is 1. The molecule has 1 aliphatic rings. The smallest absolute Gasteiger partial charge is 0.329 e. The fourth-order valence-electron chi connectivity index (χ4n) is 2.73. The maximum atomic E-state index is 12.4. The molecule has 0 saturated heterocycles. The van der Waals surface area contributed by atoms with Gasteiger partial charge in [-0.15, -0.1) is 0 Å². The summed E-state index contributed by atoms with van der Waals surface area (Å²) in [5.41, 5.74) is -0.0329. The molecule has 0 bridgehead atoms. The Balaban J connectivity index is 2.21. The molecule has 0 unspecified atom stereocenters. The summed E-state index contributed by atoms with van der Waals surface area (Å²) in [5, 5.41) is 12.3. The first-order chi connectivity index (χ1) is 9.97. The minimum absolute atomic E-state index is 0.252. The Bertz CT molecular complexity index is 554. The molecule has 1 saturated carbocycles. The van der Waals surface area contributed by atoms with Gasteiger partial charge in [0.2, 0.25) is 0 Å². The molecule has 114 valence electrons. The van der Waals surface area contributed by atoms with Gasteiger partial charge in [-0.2, -0.15) is 0 Å². The molecule has 21 heavy (non-hydrogen) atoms. The third-order valence-corrected chi connectivity index (χ3v) is 4.03. The van der Waals surface area contributed by atoms with Crippen molar-refractivity contribution in [1.29, 1.82) is 0 Å². The average Bonchev–Trinajstić information content (AvgIpc) is 2.88. The van der Waals surface area contributed by atoms with Gasteiger partial charge in [0.05, 0.1) is 0 Å². The predicted octanol–water partition coefficient (Wildman–Crippen LogP) is 2.81. The van der Waals surface area contributed by atoms with Crippen LogP contribution < -0.4 is 5.32 Å². The fraction of sp³-hybridized carbons (Fsp3) is 0.533. The van der Waals surface area contributed by atoms with Crippen molar-refractivity contribution in [2.45, 2.75) is 51.0 Å². The van der Waals surface area contributed by atoms with Crippen LogP contribution in [0.2, 0.25) is 5.15 Å². The molecule has 2 N–H and O–H groups in total. The van der Waals surface area contributed by atoms with Crippen LogP contribution in [0.25, 0.3) is 0 Å². The maximum absolute atomic E-state index is 12.4. The number of carboxylic acids is 1. The number of aryl methyl sites for hydroxylation is 1. The van der Waals surface area contributed by atoms with Crippen LogP contribution in [0.4, 0.5) is 0 Å². The van der Waals surface area contributed by atoms with Crippen LogP contribution in [-0.4, -0.2) is 27.5 Å². The third-order valence-electron chi connectivity index (χ3n) is 3.83. The molecule has 0 radical (unpaired) electrons. The number of hydrogen-bond donors (Lipinski definition) is 2. The van der Waals surface area contributed by atoms with Crippen LogP contribution in [0.1, 0.15) is 55.1 Å². The number of pyridine rings is 1. The zero-order valence-corrected chi connectivity index (χ0v) is 12.7. The van der Waals surface area contributed by atoms with Crippen molar-refractivity contribution in [3.8, 4) is 0 Å². The first-order valence-corrected chi connectivity index (χ1v) is 7.57. The van der Waals surface area contributed by atoms with Gasteiger partial charge in [0.15, 0.2) is 0 Å². The van der Waals surface area contributed by atoms with Crippen LogP contribution in [0, 0.1) is 0 Å². The van der Waals surface area contributed by atoms with Crippen molar-refractivity contribution in [3.05, 3.63) is 28.5 Å². The summed E-state index contributed by atoms with van der Waals surface area (Å²) in [6.45, 7) is 2.01. The van der Waals surface area contributed by atoms with E-state index < -0.39 is 17.4 Å². The number of rotatable bonds is 5. The lowest BCUT2D eigenvalue weighted by atomic mass is 9.97. The topological polar surface area (TPSA) is 79.3 Å². The van der Waals surface area contributed by atoms with E-state index >= 15 is 0 Å². The SMILES string of the molecule is CCCc1cc(C(=O)NC2(C(=O)O)CCCC2)cc(Cl)n1. The number of aromatic nitrogens is 1. The second-order valence-corrected chi connectivity index (χ2v) is 5.86. The number of carboxylic acid groups (broad SMARTS) is 1. The first kappa shape index (κ1) is 15.8. The molecule has 0 aliphatic heterocycles. The quantitative estimate of drug-likeness (QED) is 0.820. The van der Waals surface area contributed by atoms with E-state index in [4.69, 9.17) is 11.6 Å². The summed E-state index contributed by atoms with van der Waals surface area (Å²) in [4.78, 5) is 28.0. The molecular formula is C15H19ClN2O3. The maximum Gasteiger partial charge on any atom is 0.329 e. The second kappa shape index (κ2) is 6.43. The van der Waals surface area contributed by atoms with Gasteiger partial charge in [-0.25, -0.2) is 9.78 Å². The van der Waals surface area contributed by atoms with Crippen LogP contribution in [-0.2, 0) is 11.2 Å². The fourth-order valence-corrected chi connectivity index (χ4v) is 2.95. The van der Waals surface area contributed by atoms with Crippen molar-refractivity contribution >= 4 is 23.5 Å². The molecule has 1 heterocycles. The normalized spacial score (nSPS) is 16.7. The minimum atomic E-state index is -1.14. The van der Waals surface area contributed by atoms with E-state index in [0.717, 1.165) is 31.4 Å². The van der Waals surface area contributed by atoms with E-state index in [-0.39, 0.29) is 5.15 Å². The lowest BCUT2D eigenvalue weighted by Crippen LogP contribution is -2.52. The highest BCUT2D eigenvalue weighted by Gasteiger charge is 2.42. The highest BCUT2D eigenvalue weighted by Crippen LogP contribution is 2.30. The molecular weight excluding hydrogens is 292 g/mol. The lowest BCUT2D eigenvalue weighted by molar-refractivity contribution is -0.144. The van der Waals surface area contributed by atoms with E-state index in [1.807, 2.05) is 6.92 Å². The summed E-state index contributed by atoms with van der Waals surface area (Å²) < 4.78 is 0. The number of nitrogens with one attached hydrogen (secondary N) is 1. The van der Waals surface area contributed by atoms with Gasteiger partial charge >= 0.3 is 5.97 Å². The van der Waals surface area contributed by atoms with Gasteiger partial charge in [0, 0.05) is 11.3 Å². The van der Waals surface area contributed by atoms with E-state index in [0.29, 0.717) is 18.4 Å². The highest BCUT2D eigenvalue weighted by molar-refractivity contribution is 6.29. The number of amides is 1. The third kappa shape index (κ3) is 3.53. The summed E-state index contributed by atoms with van der Waals surface area (Å²) in [5.74, 6) is -1.37. The molecule has 1 amide bonds. The van der Waals surface area contributed by atoms with Crippen LogP contribution >= 0.6 is 11.6 Å². The summed E-state index contributed by atoms with van der Waals surface area (Å²) in [7, 11) is 0. The van der Waals surface area contributed by atoms with Crippen molar-refractivity contribution < 1.29 is 14.7 Å². The number of hydrogen-bond acceptors (Lipinski definition) is 3. The Hall–Kier alpha value is -1.62.